The van der Waals surface area contributed by atoms with Crippen LogP contribution in [-0.4, -0.2) is 85.4 Å². The minimum atomic E-state index is -0.571. The van der Waals surface area contributed by atoms with Gasteiger partial charge in [0.25, 0.3) is 5.91 Å². The smallest absolute Gasteiger partial charge is 0.268 e. The number of rotatable bonds is 25. The Kier molecular flexibility index (Phi) is 15.1. The fourth-order valence-corrected chi connectivity index (χ4v) is 15.0. The molecule has 5 aliphatic rings. The number of para-hydroxylation sites is 1. The van der Waals surface area contributed by atoms with Crippen molar-refractivity contribution < 1.29 is 14.3 Å². The van der Waals surface area contributed by atoms with Crippen molar-refractivity contribution in [1.29, 1.82) is 0 Å². The van der Waals surface area contributed by atoms with Crippen molar-refractivity contribution in [2.24, 2.45) is 22.0 Å². The summed E-state index contributed by atoms with van der Waals surface area (Å²) in [6.45, 7) is 15.3. The molecule has 2 atom stereocenters. The Balaban J connectivity index is 0.808. The van der Waals surface area contributed by atoms with Crippen molar-refractivity contribution in [2.75, 3.05) is 43.5 Å². The van der Waals surface area contributed by atoms with Crippen LogP contribution < -0.4 is 16.0 Å². The fraction of sp³-hybridized carbons (Fsp3) is 0.625. The number of primary amides is 1. The summed E-state index contributed by atoms with van der Waals surface area (Å²) >= 11 is 1.59. The summed E-state index contributed by atoms with van der Waals surface area (Å²) in [6, 6.07) is 12.1. The molecule has 14 heteroatoms. The number of hydrogen-bond donors (Lipinski definition) is 2. The number of ketones is 1. The molecule has 70 heavy (non-hydrogen) atoms. The summed E-state index contributed by atoms with van der Waals surface area (Å²) in [5, 5.41) is 18.6. The van der Waals surface area contributed by atoms with Crippen molar-refractivity contribution in [3.8, 4) is 11.1 Å². The van der Waals surface area contributed by atoms with E-state index in [-0.39, 0.29) is 27.5 Å². The van der Waals surface area contributed by atoms with E-state index in [0.29, 0.717) is 29.5 Å². The second-order valence-corrected chi connectivity index (χ2v) is 24.0. The summed E-state index contributed by atoms with van der Waals surface area (Å²) in [4.78, 5) is 38.6. The number of aromatic nitrogens is 6. The minimum absolute atomic E-state index is 0.0771. The Morgan fingerprint density at radius 3 is 2.23 bits per heavy atom. The Bertz CT molecular complexity index is 2610. The largest absolute Gasteiger partial charge is 0.374 e. The van der Waals surface area contributed by atoms with Crippen molar-refractivity contribution in [3.63, 3.8) is 0 Å². The van der Waals surface area contributed by atoms with E-state index in [0.717, 1.165) is 115 Å². The van der Waals surface area contributed by atoms with Crippen LogP contribution in [0.4, 0.5) is 22.6 Å². The number of nitrogens with zero attached hydrogens (tertiary/aromatic N) is 8. The third-order valence-corrected chi connectivity index (χ3v) is 17.2. The second-order valence-electron chi connectivity index (χ2n) is 22.9. The third kappa shape index (κ3) is 11.3. The summed E-state index contributed by atoms with van der Waals surface area (Å²) in [6.07, 6.45) is 25.5. The summed E-state index contributed by atoms with van der Waals surface area (Å²) in [7, 11) is 2.26. The lowest BCUT2D eigenvalue weighted by Crippen LogP contribution is -2.64. The number of carbonyl (C=O) groups is 2. The topological polar surface area (TPSA) is 157 Å². The van der Waals surface area contributed by atoms with Gasteiger partial charge in [0.1, 0.15) is 17.3 Å². The molecule has 5 aromatic rings. The van der Waals surface area contributed by atoms with Crippen LogP contribution in [0.1, 0.15) is 170 Å². The van der Waals surface area contributed by atoms with Crippen molar-refractivity contribution >= 4 is 55.8 Å². The Morgan fingerprint density at radius 1 is 0.829 bits per heavy atom. The molecule has 2 unspecified atom stereocenters. The first kappa shape index (κ1) is 50.2. The number of benzene rings is 1. The van der Waals surface area contributed by atoms with Gasteiger partial charge in [-0.15, -0.1) is 10.2 Å². The Morgan fingerprint density at radius 2 is 1.53 bits per heavy atom. The molecule has 0 spiro atoms. The number of nitrogens with one attached hydrogen (secondary N) is 1. The maximum Gasteiger partial charge on any atom is 0.268 e. The first-order valence-corrected chi connectivity index (χ1v) is 27.4. The van der Waals surface area contributed by atoms with Gasteiger partial charge in [0.2, 0.25) is 0 Å². The predicted molar refractivity (Wildman–Crippen MR) is 282 cm³/mol. The van der Waals surface area contributed by atoms with Crippen LogP contribution in [0.25, 0.3) is 21.3 Å². The average molecular weight is 971 g/mol. The van der Waals surface area contributed by atoms with Gasteiger partial charge in [-0.1, -0.05) is 95.1 Å². The van der Waals surface area contributed by atoms with Crippen LogP contribution in [0.3, 0.4) is 0 Å². The first-order valence-electron chi connectivity index (χ1n) is 26.6. The van der Waals surface area contributed by atoms with E-state index in [1.165, 1.54) is 83.5 Å². The Labute approximate surface area is 420 Å². The number of pyridine rings is 1. The lowest BCUT2D eigenvalue weighted by atomic mass is 9.39. The molecule has 4 aromatic heterocycles. The van der Waals surface area contributed by atoms with Gasteiger partial charge in [0, 0.05) is 54.0 Å². The van der Waals surface area contributed by atoms with Crippen molar-refractivity contribution in [1.82, 2.24) is 34.8 Å². The highest BCUT2D eigenvalue weighted by molar-refractivity contribution is 7.22. The molecule has 13 nitrogen and oxygen atoms in total. The van der Waals surface area contributed by atoms with Gasteiger partial charge in [0.15, 0.2) is 16.8 Å². The number of anilines is 4. The zero-order valence-corrected chi connectivity index (χ0v) is 43.8. The zero-order valence-electron chi connectivity index (χ0n) is 43.0. The molecule has 4 aliphatic carbocycles. The maximum atomic E-state index is 13.3. The number of unbranched alkanes of at least 4 members (excludes halogenated alkanes) is 10. The molecule has 4 saturated carbocycles. The quantitative estimate of drug-likeness (QED) is 0.0536. The number of carbonyl (C=O) groups excluding carboxylic acids is 2. The minimum Gasteiger partial charge on any atom is -0.374 e. The number of Topliss-reactive ketones (excluding diaryl/α,β-unsaturated/α-hetero) is 1. The van der Waals surface area contributed by atoms with Crippen LogP contribution in [-0.2, 0) is 22.5 Å². The second kappa shape index (κ2) is 21.1. The van der Waals surface area contributed by atoms with E-state index < -0.39 is 5.91 Å². The number of likely N-dealkylation sites (N-methyl/N-ethyl adjacent to an activating group) is 1. The van der Waals surface area contributed by atoms with Crippen LogP contribution >= 0.6 is 11.3 Å². The summed E-state index contributed by atoms with van der Waals surface area (Å²) in [5.74, 6) is 1.82. The van der Waals surface area contributed by atoms with Crippen molar-refractivity contribution in [3.05, 3.63) is 65.1 Å². The van der Waals surface area contributed by atoms with Crippen LogP contribution in [0.2, 0.25) is 0 Å². The molecule has 3 N–H and O–H groups in total. The highest BCUT2D eigenvalue weighted by atomic mass is 32.1. The molecule has 1 aliphatic heterocycles. The SMILES string of the molecule is CC(=O)CCCCCCCCCCCCCN(C)CCOC12CC3(C)CC(C)(CC(Cn4ncc(-c5ccc(N6CCCc7c6nnc(Nc6nc8ccccc8s6)c7C)nc5C(N)=O)c4C)(C3)C1)C2. The number of hydrogen-bond acceptors (Lipinski definition) is 12. The molecular formula is C56H78N10O3S. The van der Waals surface area contributed by atoms with Crippen molar-refractivity contribution in [2.45, 2.75) is 175 Å². The van der Waals surface area contributed by atoms with Crippen LogP contribution in [0, 0.1) is 30.1 Å². The molecule has 0 saturated heterocycles. The van der Waals surface area contributed by atoms with Gasteiger partial charge in [-0.05, 0) is 139 Å². The molecular weight excluding hydrogens is 893 g/mol. The van der Waals surface area contributed by atoms with Gasteiger partial charge in [0.05, 0.1) is 28.6 Å². The van der Waals surface area contributed by atoms with E-state index >= 15 is 0 Å². The Hall–Kier alpha value is -4.79. The molecule has 0 radical (unpaired) electrons. The van der Waals surface area contributed by atoms with E-state index in [9.17, 15) is 9.59 Å². The summed E-state index contributed by atoms with van der Waals surface area (Å²) in [5.41, 5.74) is 12.5. The van der Waals surface area contributed by atoms with Gasteiger partial charge in [-0.3, -0.25) is 9.48 Å². The zero-order chi connectivity index (χ0) is 49.1. The maximum absolute atomic E-state index is 13.3. The van der Waals surface area contributed by atoms with E-state index in [1.807, 2.05) is 36.5 Å². The molecule has 5 heterocycles. The van der Waals surface area contributed by atoms with E-state index in [4.69, 9.17) is 30.6 Å². The van der Waals surface area contributed by atoms with E-state index in [1.54, 1.807) is 18.3 Å². The van der Waals surface area contributed by atoms with Gasteiger partial charge < -0.3 is 30.4 Å². The normalized spacial score (nSPS) is 23.7. The van der Waals surface area contributed by atoms with Crippen LogP contribution in [0.5, 0.6) is 0 Å². The number of fused-ring (bicyclic) bond motifs is 2. The average Bonchev–Trinajstić information content (AvgIpc) is 3.88. The highest BCUT2D eigenvalue weighted by Crippen LogP contribution is 2.72. The predicted octanol–water partition coefficient (Wildman–Crippen LogP) is 12.2. The van der Waals surface area contributed by atoms with E-state index in [2.05, 4.69) is 65.7 Å². The third-order valence-electron chi connectivity index (χ3n) is 16.3. The number of ether oxygens (including phenoxy) is 1. The molecule has 4 bridgehead atoms. The molecule has 376 valence electrons. The van der Waals surface area contributed by atoms with Gasteiger partial charge >= 0.3 is 0 Å². The lowest BCUT2D eigenvalue weighted by molar-refractivity contribution is -0.248. The monoisotopic (exact) mass is 971 g/mol. The summed E-state index contributed by atoms with van der Waals surface area (Å²) < 4.78 is 10.4. The molecule has 4 fully saturated rings. The number of nitrogens with two attached hydrogens (primary N) is 1. The highest BCUT2D eigenvalue weighted by Gasteiger charge is 2.66. The molecule has 1 amide bonds. The van der Waals surface area contributed by atoms with Crippen LogP contribution in [0.15, 0.2) is 42.6 Å². The standard InChI is InChI=1S/C56H78N10O3S/c1-39(67)21-16-14-12-10-8-7-9-11-13-15-19-27-64(6)29-30-69-56-35-53(4)32-54(5,36-56)34-55(33-53,37-56)38-66-41(3)44(31-58-66)43-25-26-47(60-48(43)49(57)68)65-28-20-22-42-40(2)50(62-63-51(42)65)61-52-59-45-23-17-18-24-46(45)70-52/h17-18,23-26,31H,7-16,19-22,27-30,32-38H2,1-6H3,(H2,57,68)(H,59,61,62). The van der Waals surface area contributed by atoms with Gasteiger partial charge in [-0.2, -0.15) is 5.10 Å². The van der Waals surface area contributed by atoms with Gasteiger partial charge in [-0.25, -0.2) is 9.97 Å². The number of amides is 1. The fourth-order valence-electron chi connectivity index (χ4n) is 14.2. The lowest BCUT2D eigenvalue weighted by Gasteiger charge is -2.69. The molecule has 10 rings (SSSR count). The number of thiazole rings is 1. The molecule has 1 aromatic carbocycles. The first-order chi connectivity index (χ1) is 33.6.